The van der Waals surface area contributed by atoms with Crippen LogP contribution in [-0.4, -0.2) is 36.8 Å². The summed E-state index contributed by atoms with van der Waals surface area (Å²) in [6.45, 7) is 3.83. The van der Waals surface area contributed by atoms with E-state index in [1.807, 2.05) is 13.8 Å². The molecule has 2 N–H and O–H groups in total. The van der Waals surface area contributed by atoms with Crippen LogP contribution in [0, 0.1) is 5.41 Å². The summed E-state index contributed by atoms with van der Waals surface area (Å²) in [5.74, 6) is 0. The number of alkyl halides is 3. The highest BCUT2D eigenvalue weighted by Gasteiger charge is 2.39. The molecule has 1 fully saturated rings. The number of halogens is 3. The summed E-state index contributed by atoms with van der Waals surface area (Å²) in [6, 6.07) is 0.123. The van der Waals surface area contributed by atoms with E-state index in [1.165, 1.54) is 4.90 Å². The van der Waals surface area contributed by atoms with E-state index in [-0.39, 0.29) is 11.5 Å². The molecule has 1 rings (SSSR count). The number of hydrogen-bond donors (Lipinski definition) is 1. The van der Waals surface area contributed by atoms with E-state index in [9.17, 15) is 13.2 Å². The maximum absolute atomic E-state index is 12.3. The first-order valence-corrected chi connectivity index (χ1v) is 5.24. The molecule has 0 aromatic heterocycles. The van der Waals surface area contributed by atoms with Crippen LogP contribution >= 0.6 is 0 Å². The highest BCUT2D eigenvalue weighted by atomic mass is 19.4. The predicted octanol–water partition coefficient (Wildman–Crippen LogP) is 2.00. The van der Waals surface area contributed by atoms with Crippen molar-refractivity contribution in [2.75, 3.05) is 19.6 Å². The zero-order valence-electron chi connectivity index (χ0n) is 9.27. The van der Waals surface area contributed by atoms with Crippen molar-refractivity contribution in [1.29, 1.82) is 0 Å². The first kappa shape index (κ1) is 12.8. The zero-order valence-corrected chi connectivity index (χ0v) is 9.27. The molecule has 0 spiro atoms. The van der Waals surface area contributed by atoms with Gasteiger partial charge in [0.05, 0.1) is 6.54 Å². The van der Waals surface area contributed by atoms with E-state index >= 15 is 0 Å². The van der Waals surface area contributed by atoms with Crippen molar-refractivity contribution in [3.8, 4) is 0 Å². The molecule has 1 aliphatic rings. The van der Waals surface area contributed by atoms with Gasteiger partial charge in [-0.1, -0.05) is 13.8 Å². The monoisotopic (exact) mass is 224 g/mol. The SMILES string of the molecule is CC(C)(CN)CN(CC(F)(F)F)C1CC1. The van der Waals surface area contributed by atoms with Crippen molar-refractivity contribution in [3.63, 3.8) is 0 Å². The van der Waals surface area contributed by atoms with Crippen LogP contribution in [0.25, 0.3) is 0 Å². The average molecular weight is 224 g/mol. The Bertz CT molecular complexity index is 209. The Balaban J connectivity index is 2.51. The molecule has 0 unspecified atom stereocenters. The largest absolute Gasteiger partial charge is 0.401 e. The summed E-state index contributed by atoms with van der Waals surface area (Å²) in [4.78, 5) is 1.52. The van der Waals surface area contributed by atoms with Crippen LogP contribution in [-0.2, 0) is 0 Å². The van der Waals surface area contributed by atoms with E-state index < -0.39 is 12.7 Å². The standard InChI is InChI=1S/C10H19F3N2/c1-9(2,5-14)6-15(8-3-4-8)7-10(11,12)13/h8H,3-7,14H2,1-2H3. The van der Waals surface area contributed by atoms with Crippen LogP contribution in [0.1, 0.15) is 26.7 Å². The van der Waals surface area contributed by atoms with Crippen molar-refractivity contribution in [2.24, 2.45) is 11.1 Å². The second kappa shape index (κ2) is 4.29. The molecule has 15 heavy (non-hydrogen) atoms. The Hall–Kier alpha value is -0.290. The molecule has 1 saturated carbocycles. The smallest absolute Gasteiger partial charge is 0.330 e. The Morgan fingerprint density at radius 2 is 1.73 bits per heavy atom. The van der Waals surface area contributed by atoms with Crippen molar-refractivity contribution < 1.29 is 13.2 Å². The van der Waals surface area contributed by atoms with Crippen molar-refractivity contribution in [1.82, 2.24) is 4.90 Å². The third-order valence-corrected chi connectivity index (χ3v) is 2.63. The lowest BCUT2D eigenvalue weighted by Gasteiger charge is -2.32. The third kappa shape index (κ3) is 4.84. The van der Waals surface area contributed by atoms with E-state index in [4.69, 9.17) is 5.73 Å². The lowest BCUT2D eigenvalue weighted by Crippen LogP contribution is -2.44. The topological polar surface area (TPSA) is 29.3 Å². The third-order valence-electron chi connectivity index (χ3n) is 2.63. The molecule has 0 bridgehead atoms. The first-order chi connectivity index (χ1) is 6.73. The van der Waals surface area contributed by atoms with Crippen LogP contribution in [0.5, 0.6) is 0 Å². The average Bonchev–Trinajstić information content (AvgIpc) is 2.82. The highest BCUT2D eigenvalue weighted by Crippen LogP contribution is 2.32. The van der Waals surface area contributed by atoms with Gasteiger partial charge in [0, 0.05) is 12.6 Å². The summed E-state index contributed by atoms with van der Waals surface area (Å²) in [6.07, 6.45) is -2.33. The minimum atomic E-state index is -4.10. The first-order valence-electron chi connectivity index (χ1n) is 5.24. The lowest BCUT2D eigenvalue weighted by atomic mass is 9.93. The van der Waals surface area contributed by atoms with Crippen LogP contribution in [0.4, 0.5) is 13.2 Å². The molecule has 90 valence electrons. The predicted molar refractivity (Wildman–Crippen MR) is 53.5 cm³/mol. The lowest BCUT2D eigenvalue weighted by molar-refractivity contribution is -0.149. The van der Waals surface area contributed by atoms with Gasteiger partial charge in [0.25, 0.3) is 0 Å². The van der Waals surface area contributed by atoms with E-state index in [2.05, 4.69) is 0 Å². The molecule has 0 aromatic carbocycles. The second-order valence-electron chi connectivity index (χ2n) is 5.12. The minimum Gasteiger partial charge on any atom is -0.330 e. The molecular weight excluding hydrogens is 205 g/mol. The Morgan fingerprint density at radius 1 is 1.20 bits per heavy atom. The summed E-state index contributed by atoms with van der Waals surface area (Å²) in [7, 11) is 0. The quantitative estimate of drug-likeness (QED) is 0.774. The Kier molecular flexibility index (Phi) is 3.66. The van der Waals surface area contributed by atoms with Crippen molar-refractivity contribution in [2.45, 2.75) is 38.9 Å². The van der Waals surface area contributed by atoms with Gasteiger partial charge in [0.1, 0.15) is 0 Å². The molecule has 2 nitrogen and oxygen atoms in total. The van der Waals surface area contributed by atoms with Crippen molar-refractivity contribution >= 4 is 0 Å². The van der Waals surface area contributed by atoms with Crippen LogP contribution in [0.3, 0.4) is 0 Å². The fourth-order valence-corrected chi connectivity index (χ4v) is 1.60. The molecule has 0 atom stereocenters. The summed E-state index contributed by atoms with van der Waals surface area (Å²) < 4.78 is 36.9. The molecule has 0 radical (unpaired) electrons. The van der Waals surface area contributed by atoms with E-state index in [0.29, 0.717) is 13.1 Å². The van der Waals surface area contributed by atoms with Crippen LogP contribution in [0.2, 0.25) is 0 Å². The number of nitrogens with zero attached hydrogens (tertiary/aromatic N) is 1. The van der Waals surface area contributed by atoms with Crippen LogP contribution in [0.15, 0.2) is 0 Å². The Labute approximate surface area is 88.6 Å². The molecule has 0 saturated heterocycles. The highest BCUT2D eigenvalue weighted by molar-refractivity contribution is 4.88. The minimum absolute atomic E-state index is 0.123. The van der Waals surface area contributed by atoms with Gasteiger partial charge in [0.15, 0.2) is 0 Å². The van der Waals surface area contributed by atoms with Gasteiger partial charge < -0.3 is 5.73 Å². The zero-order chi connectivity index (χ0) is 11.7. The normalized spacial score (nSPS) is 18.6. The molecule has 0 heterocycles. The fraction of sp³-hybridized carbons (Fsp3) is 1.00. The number of nitrogens with two attached hydrogens (primary N) is 1. The summed E-state index contributed by atoms with van der Waals surface area (Å²) in [5, 5.41) is 0. The van der Waals surface area contributed by atoms with Crippen LogP contribution < -0.4 is 5.73 Å². The van der Waals surface area contributed by atoms with Gasteiger partial charge in [-0.05, 0) is 24.8 Å². The summed E-state index contributed by atoms with van der Waals surface area (Å²) >= 11 is 0. The van der Waals surface area contributed by atoms with Gasteiger partial charge in [0.2, 0.25) is 0 Å². The van der Waals surface area contributed by atoms with E-state index in [1.54, 1.807) is 0 Å². The van der Waals surface area contributed by atoms with Gasteiger partial charge in [-0.15, -0.1) is 0 Å². The maximum Gasteiger partial charge on any atom is 0.401 e. The van der Waals surface area contributed by atoms with Gasteiger partial charge in [-0.25, -0.2) is 0 Å². The van der Waals surface area contributed by atoms with E-state index in [0.717, 1.165) is 12.8 Å². The van der Waals surface area contributed by atoms with Gasteiger partial charge >= 0.3 is 6.18 Å². The number of rotatable bonds is 5. The van der Waals surface area contributed by atoms with Crippen molar-refractivity contribution in [3.05, 3.63) is 0 Å². The van der Waals surface area contributed by atoms with Gasteiger partial charge in [-0.2, -0.15) is 13.2 Å². The summed E-state index contributed by atoms with van der Waals surface area (Å²) in [5.41, 5.74) is 5.29. The molecular formula is C10H19F3N2. The maximum atomic E-state index is 12.3. The molecule has 0 aliphatic heterocycles. The molecule has 0 amide bonds. The number of hydrogen-bond acceptors (Lipinski definition) is 2. The fourth-order valence-electron chi connectivity index (χ4n) is 1.60. The van der Waals surface area contributed by atoms with Gasteiger partial charge in [-0.3, -0.25) is 4.90 Å². The molecule has 5 heteroatoms. The molecule has 0 aromatic rings. The molecule has 1 aliphatic carbocycles. The second-order valence-corrected chi connectivity index (χ2v) is 5.12. The Morgan fingerprint density at radius 3 is 2.07 bits per heavy atom.